The van der Waals surface area contributed by atoms with Gasteiger partial charge in [0.25, 0.3) is 0 Å². The number of nitrogens with zero attached hydrogens (tertiary/aromatic N) is 4. The molecule has 1 fully saturated rings. The molecule has 0 saturated carbocycles. The summed E-state index contributed by atoms with van der Waals surface area (Å²) in [6, 6.07) is 0. The van der Waals surface area contributed by atoms with Crippen molar-refractivity contribution in [2.75, 3.05) is 37.8 Å². The van der Waals surface area contributed by atoms with Crippen LogP contribution in [-0.2, 0) is 45.9 Å². The number of nitrogens with one attached hydrogen (secondary N) is 2. The number of phosphoric acid groups is 3. The van der Waals surface area contributed by atoms with Crippen LogP contribution in [0.1, 0.15) is 37.1 Å². The predicted molar refractivity (Wildman–Crippen MR) is 169 cm³/mol. The lowest BCUT2D eigenvalue weighted by molar-refractivity contribution is -0.137. The monoisotopic (exact) mass is 795 g/mol. The van der Waals surface area contributed by atoms with Gasteiger partial charge in [-0.15, -0.1) is 0 Å². The summed E-state index contributed by atoms with van der Waals surface area (Å²) in [5.41, 5.74) is 3.96. The molecule has 0 radical (unpaired) electrons. The smallest absolute Gasteiger partial charge is 0.386 e. The van der Waals surface area contributed by atoms with Crippen LogP contribution in [0.15, 0.2) is 6.33 Å². The van der Waals surface area contributed by atoms with Gasteiger partial charge in [0.2, 0.25) is 11.8 Å². The highest BCUT2D eigenvalue weighted by molar-refractivity contribution is 7.80. The molecule has 3 heterocycles. The van der Waals surface area contributed by atoms with Crippen molar-refractivity contribution in [1.29, 1.82) is 0 Å². The van der Waals surface area contributed by atoms with E-state index in [-0.39, 0.29) is 48.0 Å². The van der Waals surface area contributed by atoms with E-state index in [2.05, 4.69) is 47.0 Å². The Morgan fingerprint density at radius 1 is 1.14 bits per heavy atom. The number of thiol groups is 1. The molecule has 0 bridgehead atoms. The number of aldehydes is 1. The normalized spacial score (nSPS) is 22.8. The van der Waals surface area contributed by atoms with E-state index in [0.717, 1.165) is 10.9 Å². The van der Waals surface area contributed by atoms with Crippen LogP contribution >= 0.6 is 36.1 Å². The van der Waals surface area contributed by atoms with E-state index in [4.69, 9.17) is 19.5 Å². The Morgan fingerprint density at radius 3 is 2.42 bits per heavy atom. The first-order chi connectivity index (χ1) is 23.1. The summed E-state index contributed by atoms with van der Waals surface area (Å²) >= 11 is 3.95. The molecule has 24 nitrogen and oxygen atoms in total. The first-order valence-electron chi connectivity index (χ1n) is 14.1. The standard InChI is InChI=1S/C22H36N7O17P3S/c1-22(2,17(33)20(34)25-4-3-13(31)24-5-6-50)9-43-49(40,41)46-48(38,39)42-8-11-16(45-47(35,36)37)15(32)21(44-11)29-10-26-14-18(23)27-12(7-30)28-19(14)29/h7,10-11,15-17,21,32-33,50H,3-6,8-9H2,1-2H3,(H,24,31)(H,25,34)(H,38,39)(H,40,41)(H2,23,27,28)(H2,35,36,37)/t11-,15-,16-,17+,21-/m1/s1. The average Bonchev–Trinajstić information content (AvgIpc) is 3.57. The molecule has 10 N–H and O–H groups in total. The third-order valence-corrected chi connectivity index (χ3v) is 10.0. The summed E-state index contributed by atoms with van der Waals surface area (Å²) in [6.45, 7) is 0.595. The molecule has 3 rings (SSSR count). The third-order valence-electron chi connectivity index (χ3n) is 6.70. The van der Waals surface area contributed by atoms with Gasteiger partial charge < -0.3 is 50.9 Å². The molecule has 1 saturated heterocycles. The zero-order valence-corrected chi connectivity index (χ0v) is 29.7. The van der Waals surface area contributed by atoms with E-state index in [0.29, 0.717) is 12.3 Å². The SMILES string of the molecule is CC(C)(COP(=O)(O)OP(=O)(O)OC[C@H]1O[C@@H](n2cnc3c(N)nc(C=O)nc32)[C@H](O)[C@@H]1OP(=O)(O)O)[C@@H](O)C(=O)NCCC(=O)NCCS. The molecular formula is C22H36N7O17P3S. The number of carbonyl (C=O) groups is 3. The van der Waals surface area contributed by atoms with Crippen molar-refractivity contribution in [1.82, 2.24) is 30.2 Å². The van der Waals surface area contributed by atoms with Gasteiger partial charge in [-0.3, -0.25) is 32.5 Å². The number of fused-ring (bicyclic) bond motifs is 1. The number of phosphoric ester groups is 3. The van der Waals surface area contributed by atoms with Crippen molar-refractivity contribution in [2.24, 2.45) is 5.41 Å². The summed E-state index contributed by atoms with van der Waals surface area (Å²) < 4.78 is 61.6. The van der Waals surface area contributed by atoms with E-state index in [1.807, 2.05) is 0 Å². The molecule has 50 heavy (non-hydrogen) atoms. The summed E-state index contributed by atoms with van der Waals surface area (Å²) in [5, 5.41) is 26.1. The molecule has 2 amide bonds. The number of ether oxygens (including phenoxy) is 1. The number of imidazole rings is 1. The number of carbonyl (C=O) groups excluding carboxylic acids is 3. The number of amides is 2. The number of aliphatic hydroxyl groups excluding tert-OH is 2. The van der Waals surface area contributed by atoms with Gasteiger partial charge in [0.15, 0.2) is 29.8 Å². The first kappa shape index (κ1) is 42.0. The van der Waals surface area contributed by atoms with E-state index >= 15 is 0 Å². The molecule has 2 aromatic heterocycles. The van der Waals surface area contributed by atoms with Gasteiger partial charge >= 0.3 is 23.5 Å². The molecule has 0 spiro atoms. The minimum atomic E-state index is -5.59. The average molecular weight is 796 g/mol. The van der Waals surface area contributed by atoms with Gasteiger partial charge in [-0.05, 0) is 0 Å². The van der Waals surface area contributed by atoms with Gasteiger partial charge in [0, 0.05) is 30.7 Å². The first-order valence-corrected chi connectivity index (χ1v) is 19.3. The Hall–Kier alpha value is -2.44. The maximum Gasteiger partial charge on any atom is 0.481 e. The maximum absolute atomic E-state index is 12.6. The Bertz CT molecular complexity index is 1690. The van der Waals surface area contributed by atoms with Crippen molar-refractivity contribution in [3.63, 3.8) is 0 Å². The second-order valence-electron chi connectivity index (χ2n) is 11.1. The van der Waals surface area contributed by atoms with Crippen LogP contribution in [0, 0.1) is 5.41 Å². The second kappa shape index (κ2) is 16.9. The summed E-state index contributed by atoms with van der Waals surface area (Å²) in [4.78, 5) is 85.8. The Morgan fingerprint density at radius 2 is 1.80 bits per heavy atom. The maximum atomic E-state index is 12.6. The summed E-state index contributed by atoms with van der Waals surface area (Å²) in [7, 11) is -16.4. The van der Waals surface area contributed by atoms with E-state index in [1.165, 1.54) is 13.8 Å². The van der Waals surface area contributed by atoms with Crippen molar-refractivity contribution >= 4 is 71.2 Å². The van der Waals surface area contributed by atoms with Crippen LogP contribution in [0.2, 0.25) is 0 Å². The number of hydrogen-bond donors (Lipinski definition) is 10. The third kappa shape index (κ3) is 11.5. The van der Waals surface area contributed by atoms with Crippen molar-refractivity contribution in [3.8, 4) is 0 Å². The highest BCUT2D eigenvalue weighted by Gasteiger charge is 2.50. The van der Waals surface area contributed by atoms with Gasteiger partial charge in [0.05, 0.1) is 19.5 Å². The fourth-order valence-electron chi connectivity index (χ4n) is 4.27. The van der Waals surface area contributed by atoms with Crippen LogP contribution in [0.3, 0.4) is 0 Å². The minimum Gasteiger partial charge on any atom is -0.386 e. The Kier molecular flexibility index (Phi) is 14.2. The second-order valence-corrected chi connectivity index (χ2v) is 15.8. The predicted octanol–water partition coefficient (Wildman–Crippen LogP) is -1.85. The lowest BCUT2D eigenvalue weighted by atomic mass is 9.87. The highest BCUT2D eigenvalue weighted by atomic mass is 32.1. The lowest BCUT2D eigenvalue weighted by Crippen LogP contribution is -2.46. The molecule has 282 valence electrons. The van der Waals surface area contributed by atoms with Crippen LogP contribution in [0.25, 0.3) is 11.2 Å². The highest BCUT2D eigenvalue weighted by Crippen LogP contribution is 2.61. The number of anilines is 1. The summed E-state index contributed by atoms with van der Waals surface area (Å²) in [5.74, 6) is -1.56. The molecule has 0 aromatic carbocycles. The van der Waals surface area contributed by atoms with Crippen LogP contribution in [-0.4, -0.2) is 124 Å². The van der Waals surface area contributed by atoms with Crippen LogP contribution < -0.4 is 16.4 Å². The minimum absolute atomic E-state index is 0.0496. The van der Waals surface area contributed by atoms with Gasteiger partial charge in [-0.2, -0.15) is 16.9 Å². The molecule has 0 aliphatic carbocycles. The molecular weight excluding hydrogens is 759 g/mol. The van der Waals surface area contributed by atoms with Crippen molar-refractivity contribution < 1.29 is 80.5 Å². The van der Waals surface area contributed by atoms with Crippen LogP contribution in [0.5, 0.6) is 0 Å². The number of aromatic nitrogens is 4. The Labute approximate surface area is 287 Å². The molecule has 1 aliphatic heterocycles. The molecule has 2 unspecified atom stereocenters. The quantitative estimate of drug-likeness (QED) is 0.0423. The number of nitrogens with two attached hydrogens (primary N) is 1. The van der Waals surface area contributed by atoms with E-state index < -0.39 is 78.6 Å². The fraction of sp³-hybridized carbons (Fsp3) is 0.636. The topological polar surface area (TPSA) is 364 Å². The molecule has 7 atom stereocenters. The zero-order valence-electron chi connectivity index (χ0n) is 26.1. The Balaban J connectivity index is 1.64. The van der Waals surface area contributed by atoms with Crippen LogP contribution in [0.4, 0.5) is 5.82 Å². The lowest BCUT2D eigenvalue weighted by Gasteiger charge is -2.30. The van der Waals surface area contributed by atoms with E-state index in [9.17, 15) is 57.9 Å². The summed E-state index contributed by atoms with van der Waals surface area (Å²) in [6.07, 6.45) is -8.03. The number of nitrogen functional groups attached to an aromatic ring is 1. The van der Waals surface area contributed by atoms with Gasteiger partial charge in [-0.1, -0.05) is 13.8 Å². The zero-order chi connectivity index (χ0) is 37.7. The number of rotatable bonds is 19. The number of hydrogen-bond acceptors (Lipinski definition) is 18. The van der Waals surface area contributed by atoms with Gasteiger partial charge in [0.1, 0.15) is 29.9 Å². The fourth-order valence-corrected chi connectivity index (χ4v) is 7.21. The molecule has 28 heteroatoms. The molecule has 1 aliphatic rings. The molecule has 2 aromatic rings. The van der Waals surface area contributed by atoms with Gasteiger partial charge in [-0.25, -0.2) is 28.6 Å². The van der Waals surface area contributed by atoms with Crippen molar-refractivity contribution in [2.45, 2.75) is 50.9 Å². The largest absolute Gasteiger partial charge is 0.481 e. The van der Waals surface area contributed by atoms with E-state index in [1.54, 1.807) is 0 Å². The van der Waals surface area contributed by atoms with Crippen molar-refractivity contribution in [3.05, 3.63) is 12.2 Å². The number of aliphatic hydroxyl groups is 2.